The van der Waals surface area contributed by atoms with E-state index in [1.165, 1.54) is 38.4 Å². The van der Waals surface area contributed by atoms with Crippen LogP contribution in [-0.4, -0.2) is 0 Å². The lowest BCUT2D eigenvalue weighted by atomic mass is 10.0. The van der Waals surface area contributed by atoms with Crippen LogP contribution < -0.4 is 10.2 Å². The Hall–Kier alpha value is -6.12. The van der Waals surface area contributed by atoms with Crippen molar-refractivity contribution < 1.29 is 0 Å². The smallest absolute Gasteiger partial charge is 0.0540 e. The van der Waals surface area contributed by atoms with Crippen molar-refractivity contribution >= 4 is 50.0 Å². The maximum atomic E-state index is 3.45. The Balaban J connectivity index is 0.000000286. The number of anilines is 5. The number of para-hydroxylation sites is 2. The number of fused-ring (bicyclic) bond motifs is 2. The number of rotatable bonds is 6. The van der Waals surface area contributed by atoms with E-state index in [2.05, 4.69) is 192 Å². The Morgan fingerprint density at radius 3 is 1.35 bits per heavy atom. The van der Waals surface area contributed by atoms with Crippen LogP contribution in [0.4, 0.5) is 28.4 Å². The minimum absolute atomic E-state index is 1.08. The molecule has 0 aliphatic rings. The summed E-state index contributed by atoms with van der Waals surface area (Å²) < 4.78 is 0. The third-order valence-corrected chi connectivity index (χ3v) is 8.09. The lowest BCUT2D eigenvalue weighted by Crippen LogP contribution is -2.10. The van der Waals surface area contributed by atoms with E-state index in [-0.39, 0.29) is 0 Å². The Kier molecular flexibility index (Phi) is 8.51. The van der Waals surface area contributed by atoms with E-state index < -0.39 is 0 Å². The molecule has 0 saturated heterocycles. The van der Waals surface area contributed by atoms with Gasteiger partial charge in [-0.1, -0.05) is 146 Å². The van der Waals surface area contributed by atoms with Crippen LogP contribution in [0.25, 0.3) is 32.7 Å². The number of nitrogens with one attached hydrogen (secondary N) is 1. The van der Waals surface area contributed by atoms with E-state index in [0.29, 0.717) is 0 Å². The van der Waals surface area contributed by atoms with Crippen LogP contribution in [0.15, 0.2) is 200 Å². The fourth-order valence-electron chi connectivity index (χ4n) is 5.78. The number of hydrogen-bond acceptors (Lipinski definition) is 2. The predicted octanol–water partition coefficient (Wildman–Crippen LogP) is 12.6. The van der Waals surface area contributed by atoms with Crippen molar-refractivity contribution in [2.24, 2.45) is 0 Å². The molecule has 8 rings (SSSR count). The number of nitrogens with zero attached hydrogens (tertiary/aromatic N) is 1. The molecule has 46 heavy (non-hydrogen) atoms. The number of benzene rings is 8. The minimum atomic E-state index is 1.08. The van der Waals surface area contributed by atoms with Crippen molar-refractivity contribution in [1.29, 1.82) is 0 Å². The van der Waals surface area contributed by atoms with Gasteiger partial charge in [0.1, 0.15) is 0 Å². The molecule has 2 heteroatoms. The molecule has 0 atom stereocenters. The molecule has 0 amide bonds. The van der Waals surface area contributed by atoms with Crippen LogP contribution >= 0.6 is 0 Å². The van der Waals surface area contributed by atoms with Gasteiger partial charge in [-0.3, -0.25) is 0 Å². The Bertz CT molecular complexity index is 2080. The summed E-state index contributed by atoms with van der Waals surface area (Å²) >= 11 is 0. The highest BCUT2D eigenvalue weighted by atomic mass is 15.1. The van der Waals surface area contributed by atoms with E-state index in [1.54, 1.807) is 0 Å². The van der Waals surface area contributed by atoms with Gasteiger partial charge in [0.05, 0.1) is 5.69 Å². The maximum absolute atomic E-state index is 3.45. The van der Waals surface area contributed by atoms with E-state index in [0.717, 1.165) is 22.7 Å². The van der Waals surface area contributed by atoms with E-state index in [1.807, 2.05) is 18.2 Å². The van der Waals surface area contributed by atoms with Crippen molar-refractivity contribution in [2.75, 3.05) is 10.2 Å². The van der Waals surface area contributed by atoms with Gasteiger partial charge in [-0.15, -0.1) is 0 Å². The maximum Gasteiger partial charge on any atom is 0.0540 e. The second kappa shape index (κ2) is 13.7. The van der Waals surface area contributed by atoms with Gasteiger partial charge in [-0.05, 0) is 81.9 Å². The normalized spacial score (nSPS) is 10.6. The standard InChI is InChI=1S/C34H26N2.C10H8/c1-3-12-29(13-4-1)35-30-22-18-26(19-23-30)27-20-24-32(25-21-27)36(31-14-5-2-6-15-31)34-17-9-11-28-10-7-8-16-33(28)34;1-2-6-10-8-4-3-7-9(10)5-1/h1-25,35H;1-8H. The first kappa shape index (κ1) is 28.6. The third-order valence-electron chi connectivity index (χ3n) is 8.09. The monoisotopic (exact) mass is 590 g/mol. The van der Waals surface area contributed by atoms with Gasteiger partial charge in [0.2, 0.25) is 0 Å². The molecule has 2 nitrogen and oxygen atoms in total. The highest BCUT2D eigenvalue weighted by molar-refractivity contribution is 5.99. The molecule has 1 N–H and O–H groups in total. The van der Waals surface area contributed by atoms with Gasteiger partial charge < -0.3 is 10.2 Å². The molecule has 8 aromatic carbocycles. The molecule has 220 valence electrons. The average Bonchev–Trinajstić information content (AvgIpc) is 3.14. The summed E-state index contributed by atoms with van der Waals surface area (Å²) in [6.07, 6.45) is 0. The first-order valence-corrected chi connectivity index (χ1v) is 15.6. The fraction of sp³-hybridized carbons (Fsp3) is 0. The second-order valence-electron chi connectivity index (χ2n) is 11.1. The van der Waals surface area contributed by atoms with Gasteiger partial charge in [0.25, 0.3) is 0 Å². The molecule has 0 saturated carbocycles. The second-order valence-corrected chi connectivity index (χ2v) is 11.1. The molecule has 0 aromatic heterocycles. The lowest BCUT2D eigenvalue weighted by Gasteiger charge is -2.27. The Morgan fingerprint density at radius 2 is 0.739 bits per heavy atom. The minimum Gasteiger partial charge on any atom is -0.356 e. The third kappa shape index (κ3) is 6.52. The highest BCUT2D eigenvalue weighted by Gasteiger charge is 2.15. The summed E-state index contributed by atoms with van der Waals surface area (Å²) in [6.45, 7) is 0. The molecule has 8 aromatic rings. The zero-order valence-electron chi connectivity index (χ0n) is 25.5. The largest absolute Gasteiger partial charge is 0.356 e. The summed E-state index contributed by atoms with van der Waals surface area (Å²) in [7, 11) is 0. The zero-order chi connectivity index (χ0) is 31.0. The Labute approximate surface area is 270 Å². The fourth-order valence-corrected chi connectivity index (χ4v) is 5.78. The van der Waals surface area contributed by atoms with Gasteiger partial charge in [-0.2, -0.15) is 0 Å². The van der Waals surface area contributed by atoms with Crippen LogP contribution in [0.2, 0.25) is 0 Å². The quantitative estimate of drug-likeness (QED) is 0.207. The van der Waals surface area contributed by atoms with Crippen molar-refractivity contribution in [2.45, 2.75) is 0 Å². The molecule has 0 heterocycles. The van der Waals surface area contributed by atoms with Crippen molar-refractivity contribution in [3.63, 3.8) is 0 Å². The van der Waals surface area contributed by atoms with Gasteiger partial charge in [0, 0.05) is 28.1 Å². The Morgan fingerprint density at radius 1 is 0.304 bits per heavy atom. The van der Waals surface area contributed by atoms with E-state index >= 15 is 0 Å². The molecule has 0 unspecified atom stereocenters. The van der Waals surface area contributed by atoms with Crippen molar-refractivity contribution in [3.8, 4) is 11.1 Å². The van der Waals surface area contributed by atoms with Crippen LogP contribution in [0, 0.1) is 0 Å². The van der Waals surface area contributed by atoms with Gasteiger partial charge >= 0.3 is 0 Å². The van der Waals surface area contributed by atoms with Crippen LogP contribution in [0.3, 0.4) is 0 Å². The molecule has 0 aliphatic carbocycles. The first-order chi connectivity index (χ1) is 22.8. The zero-order valence-corrected chi connectivity index (χ0v) is 25.5. The highest BCUT2D eigenvalue weighted by Crippen LogP contribution is 2.39. The van der Waals surface area contributed by atoms with Crippen LogP contribution in [0.1, 0.15) is 0 Å². The molecule has 0 radical (unpaired) electrons. The first-order valence-electron chi connectivity index (χ1n) is 15.6. The van der Waals surface area contributed by atoms with Crippen LogP contribution in [-0.2, 0) is 0 Å². The summed E-state index contributed by atoms with van der Waals surface area (Å²) in [5, 5.41) is 8.54. The molecule has 0 spiro atoms. The summed E-state index contributed by atoms with van der Waals surface area (Å²) in [4.78, 5) is 2.33. The lowest BCUT2D eigenvalue weighted by molar-refractivity contribution is 1.30. The van der Waals surface area contributed by atoms with E-state index in [4.69, 9.17) is 0 Å². The predicted molar refractivity (Wildman–Crippen MR) is 198 cm³/mol. The van der Waals surface area contributed by atoms with Crippen LogP contribution in [0.5, 0.6) is 0 Å². The molecule has 0 aliphatic heterocycles. The van der Waals surface area contributed by atoms with Gasteiger partial charge in [-0.25, -0.2) is 0 Å². The van der Waals surface area contributed by atoms with E-state index in [9.17, 15) is 0 Å². The van der Waals surface area contributed by atoms with Gasteiger partial charge in [0.15, 0.2) is 0 Å². The molecular formula is C44H34N2. The SMILES string of the molecule is c1ccc(Nc2ccc(-c3ccc(N(c4ccccc4)c4cccc5ccccc45)cc3)cc2)cc1.c1ccc2ccccc2c1. The molecule has 0 fully saturated rings. The van der Waals surface area contributed by atoms with Crippen molar-refractivity contribution in [3.05, 3.63) is 200 Å². The summed E-state index contributed by atoms with van der Waals surface area (Å²) in [5.74, 6) is 0. The topological polar surface area (TPSA) is 15.3 Å². The summed E-state index contributed by atoms with van der Waals surface area (Å²) in [6, 6.07) is 70.0. The molecule has 0 bridgehead atoms. The van der Waals surface area contributed by atoms with Crippen molar-refractivity contribution in [1.82, 2.24) is 0 Å². The molecular weight excluding hydrogens is 556 g/mol. The summed E-state index contributed by atoms with van der Waals surface area (Å²) in [5.41, 5.74) is 7.98. The number of hydrogen-bond donors (Lipinski definition) is 1. The average molecular weight is 591 g/mol.